The standard InChI is InChI=1S/C21H20ClN3O2/c1-3-19(21(27)23-17-10-8-16(22)9-11-17)25-20(26)13-12-18(24-25)15-6-4-14(2)5-7-15/h4-13,19H,3H2,1-2H3,(H,23,27)/t19-/m0/s1. The summed E-state index contributed by atoms with van der Waals surface area (Å²) in [6.07, 6.45) is 0.434. The molecule has 27 heavy (non-hydrogen) atoms. The monoisotopic (exact) mass is 381 g/mol. The van der Waals surface area contributed by atoms with Gasteiger partial charge in [-0.05, 0) is 43.7 Å². The third-order valence-corrected chi connectivity index (χ3v) is 4.52. The number of halogens is 1. The highest BCUT2D eigenvalue weighted by molar-refractivity contribution is 6.30. The molecule has 0 bridgehead atoms. The third-order valence-electron chi connectivity index (χ3n) is 4.27. The third kappa shape index (κ3) is 4.44. The highest BCUT2D eigenvalue weighted by Gasteiger charge is 2.21. The van der Waals surface area contributed by atoms with E-state index in [-0.39, 0.29) is 11.5 Å². The Hall–Kier alpha value is -2.92. The van der Waals surface area contributed by atoms with Gasteiger partial charge < -0.3 is 5.32 Å². The molecule has 6 heteroatoms. The molecular weight excluding hydrogens is 362 g/mol. The van der Waals surface area contributed by atoms with Gasteiger partial charge in [-0.1, -0.05) is 48.4 Å². The molecule has 2 aromatic carbocycles. The van der Waals surface area contributed by atoms with E-state index >= 15 is 0 Å². The van der Waals surface area contributed by atoms with Crippen molar-refractivity contribution >= 4 is 23.2 Å². The van der Waals surface area contributed by atoms with Crippen molar-refractivity contribution < 1.29 is 4.79 Å². The summed E-state index contributed by atoms with van der Waals surface area (Å²) in [5.41, 5.74) is 2.98. The van der Waals surface area contributed by atoms with E-state index < -0.39 is 6.04 Å². The molecule has 0 fully saturated rings. The van der Waals surface area contributed by atoms with Crippen LogP contribution in [-0.4, -0.2) is 15.7 Å². The zero-order valence-electron chi connectivity index (χ0n) is 15.1. The number of nitrogens with one attached hydrogen (secondary N) is 1. The lowest BCUT2D eigenvalue weighted by molar-refractivity contribution is -0.119. The first-order chi connectivity index (χ1) is 13.0. The van der Waals surface area contributed by atoms with E-state index in [0.717, 1.165) is 11.1 Å². The maximum absolute atomic E-state index is 12.7. The Labute approximate surface area is 162 Å². The molecule has 1 atom stereocenters. The molecule has 0 saturated heterocycles. The molecule has 1 aromatic heterocycles. The van der Waals surface area contributed by atoms with E-state index in [4.69, 9.17) is 11.6 Å². The molecule has 5 nitrogen and oxygen atoms in total. The van der Waals surface area contributed by atoms with Gasteiger partial charge in [0.05, 0.1) is 5.69 Å². The average Bonchev–Trinajstić information content (AvgIpc) is 2.66. The fourth-order valence-electron chi connectivity index (χ4n) is 2.76. The normalized spacial score (nSPS) is 11.8. The number of hydrogen-bond donors (Lipinski definition) is 1. The van der Waals surface area contributed by atoms with E-state index in [9.17, 15) is 9.59 Å². The molecule has 0 aliphatic carbocycles. The van der Waals surface area contributed by atoms with Crippen LogP contribution in [0.2, 0.25) is 5.02 Å². The number of anilines is 1. The van der Waals surface area contributed by atoms with Crippen LogP contribution in [0.15, 0.2) is 65.5 Å². The summed E-state index contributed by atoms with van der Waals surface area (Å²) in [4.78, 5) is 25.1. The summed E-state index contributed by atoms with van der Waals surface area (Å²) >= 11 is 5.87. The van der Waals surface area contributed by atoms with Crippen molar-refractivity contribution in [3.8, 4) is 11.3 Å². The number of carbonyl (C=O) groups excluding carboxylic acids is 1. The number of aryl methyl sites for hydroxylation is 1. The minimum absolute atomic E-state index is 0.296. The van der Waals surface area contributed by atoms with Crippen molar-refractivity contribution in [2.24, 2.45) is 0 Å². The Kier molecular flexibility index (Phi) is 5.72. The lowest BCUT2D eigenvalue weighted by atomic mass is 10.1. The predicted molar refractivity (Wildman–Crippen MR) is 108 cm³/mol. The van der Waals surface area contributed by atoms with Gasteiger partial charge in [0.25, 0.3) is 5.56 Å². The molecule has 0 unspecified atom stereocenters. The number of benzene rings is 2. The van der Waals surface area contributed by atoms with Crippen molar-refractivity contribution in [3.63, 3.8) is 0 Å². The van der Waals surface area contributed by atoms with Crippen LogP contribution in [0, 0.1) is 6.92 Å². The maximum Gasteiger partial charge on any atom is 0.267 e. The molecule has 0 spiro atoms. The highest BCUT2D eigenvalue weighted by atomic mass is 35.5. The minimum Gasteiger partial charge on any atom is -0.324 e. The summed E-state index contributed by atoms with van der Waals surface area (Å²) in [5, 5.41) is 7.84. The van der Waals surface area contributed by atoms with Gasteiger partial charge in [-0.2, -0.15) is 5.10 Å². The number of nitrogens with zero attached hydrogens (tertiary/aromatic N) is 2. The molecule has 1 amide bonds. The molecular formula is C21H20ClN3O2. The van der Waals surface area contributed by atoms with Crippen LogP contribution in [0.25, 0.3) is 11.3 Å². The molecule has 0 aliphatic heterocycles. The van der Waals surface area contributed by atoms with Crippen LogP contribution in [0.1, 0.15) is 24.9 Å². The highest BCUT2D eigenvalue weighted by Crippen LogP contribution is 2.19. The Morgan fingerprint density at radius 1 is 1.07 bits per heavy atom. The molecule has 0 saturated carbocycles. The van der Waals surface area contributed by atoms with Gasteiger partial charge in [0.1, 0.15) is 6.04 Å². The summed E-state index contributed by atoms with van der Waals surface area (Å²) in [7, 11) is 0. The number of amides is 1. The van der Waals surface area contributed by atoms with Crippen molar-refractivity contribution in [1.29, 1.82) is 0 Å². The zero-order valence-corrected chi connectivity index (χ0v) is 15.9. The smallest absolute Gasteiger partial charge is 0.267 e. The van der Waals surface area contributed by atoms with Gasteiger partial charge in [-0.3, -0.25) is 9.59 Å². The lowest BCUT2D eigenvalue weighted by Gasteiger charge is -2.17. The van der Waals surface area contributed by atoms with Gasteiger partial charge >= 0.3 is 0 Å². The first-order valence-electron chi connectivity index (χ1n) is 8.71. The Bertz CT molecular complexity index is 995. The second-order valence-electron chi connectivity index (χ2n) is 6.29. The van der Waals surface area contributed by atoms with Crippen molar-refractivity contribution in [1.82, 2.24) is 9.78 Å². The first kappa shape index (κ1) is 18.9. The van der Waals surface area contributed by atoms with Crippen LogP contribution >= 0.6 is 11.6 Å². The quantitative estimate of drug-likeness (QED) is 0.709. The predicted octanol–water partition coefficient (Wildman–Crippen LogP) is 4.46. The largest absolute Gasteiger partial charge is 0.324 e. The Morgan fingerprint density at radius 3 is 2.37 bits per heavy atom. The zero-order chi connectivity index (χ0) is 19.4. The summed E-state index contributed by atoms with van der Waals surface area (Å²) in [5.74, 6) is -0.296. The maximum atomic E-state index is 12.7. The SMILES string of the molecule is CC[C@@H](C(=O)Nc1ccc(Cl)cc1)n1nc(-c2ccc(C)cc2)ccc1=O. The van der Waals surface area contributed by atoms with Crippen LogP contribution in [0.3, 0.4) is 0 Å². The Balaban J connectivity index is 1.90. The topological polar surface area (TPSA) is 64.0 Å². The molecule has 1 N–H and O–H groups in total. The summed E-state index contributed by atoms with van der Waals surface area (Å²) in [6, 6.07) is 17.1. The molecule has 1 heterocycles. The summed E-state index contributed by atoms with van der Waals surface area (Å²) in [6.45, 7) is 3.85. The number of aromatic nitrogens is 2. The average molecular weight is 382 g/mol. The number of carbonyl (C=O) groups is 1. The van der Waals surface area contributed by atoms with Crippen LogP contribution in [0.5, 0.6) is 0 Å². The lowest BCUT2D eigenvalue weighted by Crippen LogP contribution is -2.34. The van der Waals surface area contributed by atoms with Gasteiger partial charge in [0.2, 0.25) is 5.91 Å². The van der Waals surface area contributed by atoms with Gasteiger partial charge in [-0.15, -0.1) is 0 Å². The molecule has 3 aromatic rings. The number of rotatable bonds is 5. The first-order valence-corrected chi connectivity index (χ1v) is 9.09. The van der Waals surface area contributed by atoms with Gasteiger partial charge in [-0.25, -0.2) is 4.68 Å². The van der Waals surface area contributed by atoms with Gasteiger partial charge in [0, 0.05) is 22.3 Å². The van der Waals surface area contributed by atoms with Crippen LogP contribution < -0.4 is 10.9 Å². The molecule has 0 radical (unpaired) electrons. The van der Waals surface area contributed by atoms with Gasteiger partial charge in [0.15, 0.2) is 0 Å². The van der Waals surface area contributed by atoms with E-state index in [0.29, 0.717) is 22.8 Å². The van der Waals surface area contributed by atoms with Crippen molar-refractivity contribution in [2.75, 3.05) is 5.32 Å². The molecule has 138 valence electrons. The Morgan fingerprint density at radius 2 is 1.74 bits per heavy atom. The minimum atomic E-state index is -0.710. The molecule has 3 rings (SSSR count). The van der Waals surface area contributed by atoms with Crippen molar-refractivity contribution in [2.45, 2.75) is 26.3 Å². The van der Waals surface area contributed by atoms with E-state index in [2.05, 4.69) is 10.4 Å². The van der Waals surface area contributed by atoms with Crippen LogP contribution in [0.4, 0.5) is 5.69 Å². The van der Waals surface area contributed by atoms with Crippen molar-refractivity contribution in [3.05, 3.63) is 81.6 Å². The second kappa shape index (κ2) is 8.18. The summed E-state index contributed by atoms with van der Waals surface area (Å²) < 4.78 is 1.25. The van der Waals surface area contributed by atoms with E-state index in [1.165, 1.54) is 10.7 Å². The molecule has 0 aliphatic rings. The van der Waals surface area contributed by atoms with E-state index in [1.54, 1.807) is 30.3 Å². The van der Waals surface area contributed by atoms with E-state index in [1.807, 2.05) is 38.1 Å². The number of hydrogen-bond acceptors (Lipinski definition) is 3. The fourth-order valence-corrected chi connectivity index (χ4v) is 2.88. The second-order valence-corrected chi connectivity index (χ2v) is 6.72. The van der Waals surface area contributed by atoms with Crippen LogP contribution in [-0.2, 0) is 4.79 Å². The fraction of sp³-hybridized carbons (Fsp3) is 0.190.